The smallest absolute Gasteiger partial charge is 0.167 e. The summed E-state index contributed by atoms with van der Waals surface area (Å²) in [4.78, 5) is 1.99. The molecule has 18 heavy (non-hydrogen) atoms. The molecule has 0 N–H and O–H groups in total. The molecular formula is C12H14F3NOS. The fraction of sp³-hybridized carbons (Fsp3) is 0.500. The zero-order valence-electron chi connectivity index (χ0n) is 9.70. The Kier molecular flexibility index (Phi) is 4.53. The molecule has 1 heterocycles. The lowest BCUT2D eigenvalue weighted by molar-refractivity contribution is 0.0285. The van der Waals surface area contributed by atoms with E-state index in [1.165, 1.54) is 0 Å². The highest BCUT2D eigenvalue weighted by Crippen LogP contribution is 2.18. The minimum absolute atomic E-state index is 0.270. The van der Waals surface area contributed by atoms with E-state index in [1.54, 1.807) is 0 Å². The third-order valence-electron chi connectivity index (χ3n) is 2.91. The van der Waals surface area contributed by atoms with Crippen molar-refractivity contribution in [3.63, 3.8) is 0 Å². The lowest BCUT2D eigenvalue weighted by Gasteiger charge is -2.15. The first kappa shape index (κ1) is 13.7. The van der Waals surface area contributed by atoms with Crippen LogP contribution in [-0.4, -0.2) is 30.0 Å². The van der Waals surface area contributed by atoms with E-state index in [-0.39, 0.29) is 18.9 Å². The van der Waals surface area contributed by atoms with Crippen LogP contribution in [0.4, 0.5) is 13.2 Å². The molecule has 1 atom stereocenters. The van der Waals surface area contributed by atoms with Crippen LogP contribution in [0.1, 0.15) is 12.0 Å². The van der Waals surface area contributed by atoms with Crippen molar-refractivity contribution in [1.82, 2.24) is 4.90 Å². The number of hydrogen-bond acceptors (Lipinski definition) is 3. The maximum atomic E-state index is 13.3. The lowest BCUT2D eigenvalue weighted by atomic mass is 10.2. The van der Waals surface area contributed by atoms with Crippen LogP contribution in [0.25, 0.3) is 0 Å². The number of benzene rings is 1. The first-order valence-electron chi connectivity index (χ1n) is 5.68. The average Bonchev–Trinajstić information content (AvgIpc) is 2.74. The molecule has 0 spiro atoms. The van der Waals surface area contributed by atoms with Gasteiger partial charge in [-0.05, 0) is 18.6 Å². The number of likely N-dealkylation sites (tertiary alicyclic amines) is 1. The quantitative estimate of drug-likeness (QED) is 0.671. The number of halogens is 3. The van der Waals surface area contributed by atoms with Crippen molar-refractivity contribution in [2.24, 2.45) is 0 Å². The molecule has 0 amide bonds. The second kappa shape index (κ2) is 5.95. The van der Waals surface area contributed by atoms with E-state index in [2.05, 4.69) is 12.6 Å². The van der Waals surface area contributed by atoms with Gasteiger partial charge in [-0.25, -0.2) is 13.2 Å². The third-order valence-corrected chi connectivity index (χ3v) is 3.33. The van der Waals surface area contributed by atoms with Crippen LogP contribution in [-0.2, 0) is 11.3 Å². The van der Waals surface area contributed by atoms with Crippen LogP contribution in [0.15, 0.2) is 12.1 Å². The third kappa shape index (κ3) is 3.18. The Labute approximate surface area is 109 Å². The molecule has 1 aliphatic rings. The number of ether oxygens (including phenoxy) is 1. The summed E-state index contributed by atoms with van der Waals surface area (Å²) in [7, 11) is 0. The van der Waals surface area contributed by atoms with Gasteiger partial charge in [-0.3, -0.25) is 4.90 Å². The first-order chi connectivity index (χ1) is 8.58. The number of rotatable bonds is 4. The molecule has 1 saturated heterocycles. The van der Waals surface area contributed by atoms with Gasteiger partial charge >= 0.3 is 0 Å². The number of thiol groups is 1. The van der Waals surface area contributed by atoms with Gasteiger partial charge < -0.3 is 4.74 Å². The van der Waals surface area contributed by atoms with E-state index < -0.39 is 17.5 Å². The normalized spacial score (nSPS) is 20.6. The molecule has 1 aliphatic heterocycles. The van der Waals surface area contributed by atoms with Crippen LogP contribution in [0.2, 0.25) is 0 Å². The van der Waals surface area contributed by atoms with Gasteiger partial charge in [0.25, 0.3) is 0 Å². The predicted octanol–water partition coefficient (Wildman–Crippen LogP) is 2.58. The standard InChI is InChI=1S/C12H14F3NOS/c13-10-1-2-11(14)12(15)9(10)6-17-7-16-4-3-8(18)5-16/h1-2,8,18H,3-7H2. The van der Waals surface area contributed by atoms with Crippen molar-refractivity contribution >= 4 is 12.6 Å². The topological polar surface area (TPSA) is 12.5 Å². The Morgan fingerprint density at radius 1 is 1.28 bits per heavy atom. The summed E-state index contributed by atoms with van der Waals surface area (Å²) in [5, 5.41) is 0.316. The van der Waals surface area contributed by atoms with E-state index in [0.717, 1.165) is 31.6 Å². The molecule has 0 aliphatic carbocycles. The molecule has 6 heteroatoms. The number of nitrogens with zero attached hydrogens (tertiary/aromatic N) is 1. The lowest BCUT2D eigenvalue weighted by Crippen LogP contribution is -2.24. The number of hydrogen-bond donors (Lipinski definition) is 1. The summed E-state index contributed by atoms with van der Waals surface area (Å²) in [6, 6.07) is 1.66. The highest BCUT2D eigenvalue weighted by atomic mass is 32.1. The fourth-order valence-corrected chi connectivity index (χ4v) is 2.25. The van der Waals surface area contributed by atoms with Crippen LogP contribution in [0, 0.1) is 17.5 Å². The van der Waals surface area contributed by atoms with Gasteiger partial charge in [0.15, 0.2) is 11.6 Å². The van der Waals surface area contributed by atoms with E-state index in [4.69, 9.17) is 4.74 Å². The monoisotopic (exact) mass is 277 g/mol. The summed E-state index contributed by atoms with van der Waals surface area (Å²) in [6.45, 7) is 1.63. The predicted molar refractivity (Wildman–Crippen MR) is 64.9 cm³/mol. The Bertz CT molecular complexity index is 430. The summed E-state index contributed by atoms with van der Waals surface area (Å²) in [6.07, 6.45) is 0.967. The summed E-state index contributed by atoms with van der Waals surface area (Å²) < 4.78 is 44.7. The van der Waals surface area contributed by atoms with Crippen LogP contribution >= 0.6 is 12.6 Å². The second-order valence-corrected chi connectivity index (χ2v) is 5.05. The maximum Gasteiger partial charge on any atom is 0.167 e. The maximum absolute atomic E-state index is 13.3. The van der Waals surface area contributed by atoms with Gasteiger partial charge in [-0.1, -0.05) is 0 Å². The second-order valence-electron chi connectivity index (χ2n) is 4.32. The van der Waals surface area contributed by atoms with Crippen molar-refractivity contribution in [1.29, 1.82) is 0 Å². The van der Waals surface area contributed by atoms with Gasteiger partial charge in [0.2, 0.25) is 0 Å². The highest BCUT2D eigenvalue weighted by molar-refractivity contribution is 7.81. The molecule has 1 aromatic carbocycles. The molecular weight excluding hydrogens is 263 g/mol. The Morgan fingerprint density at radius 2 is 2.00 bits per heavy atom. The van der Waals surface area contributed by atoms with Crippen molar-refractivity contribution < 1.29 is 17.9 Å². The minimum Gasteiger partial charge on any atom is -0.361 e. The van der Waals surface area contributed by atoms with Gasteiger partial charge in [-0.2, -0.15) is 12.6 Å². The zero-order chi connectivity index (χ0) is 13.1. The molecule has 100 valence electrons. The van der Waals surface area contributed by atoms with Gasteiger partial charge in [0, 0.05) is 18.3 Å². The van der Waals surface area contributed by atoms with Crippen molar-refractivity contribution in [3.8, 4) is 0 Å². The van der Waals surface area contributed by atoms with E-state index in [1.807, 2.05) is 4.90 Å². The fourth-order valence-electron chi connectivity index (χ4n) is 1.91. The average molecular weight is 277 g/mol. The van der Waals surface area contributed by atoms with Crippen LogP contribution in [0.3, 0.4) is 0 Å². The van der Waals surface area contributed by atoms with E-state index in [0.29, 0.717) is 5.25 Å². The van der Waals surface area contributed by atoms with E-state index in [9.17, 15) is 13.2 Å². The SMILES string of the molecule is Fc1ccc(F)c(COCN2CCC(S)C2)c1F. The Morgan fingerprint density at radius 3 is 2.67 bits per heavy atom. The highest BCUT2D eigenvalue weighted by Gasteiger charge is 2.20. The van der Waals surface area contributed by atoms with Crippen molar-refractivity contribution in [2.45, 2.75) is 18.3 Å². The molecule has 0 radical (unpaired) electrons. The van der Waals surface area contributed by atoms with Crippen molar-refractivity contribution in [2.75, 3.05) is 19.8 Å². The van der Waals surface area contributed by atoms with Gasteiger partial charge in [-0.15, -0.1) is 0 Å². The molecule has 1 aromatic rings. The summed E-state index contributed by atoms with van der Waals surface area (Å²) in [5.74, 6) is -3.03. The zero-order valence-corrected chi connectivity index (χ0v) is 10.6. The van der Waals surface area contributed by atoms with Gasteiger partial charge in [0.1, 0.15) is 5.82 Å². The molecule has 0 bridgehead atoms. The molecule has 0 saturated carbocycles. The molecule has 1 fully saturated rings. The molecule has 0 aromatic heterocycles. The summed E-state index contributed by atoms with van der Waals surface area (Å²) >= 11 is 4.32. The largest absolute Gasteiger partial charge is 0.361 e. The Hall–Kier alpha value is -0.720. The Balaban J connectivity index is 1.88. The van der Waals surface area contributed by atoms with Crippen LogP contribution < -0.4 is 0 Å². The first-order valence-corrected chi connectivity index (χ1v) is 6.20. The van der Waals surface area contributed by atoms with Crippen LogP contribution in [0.5, 0.6) is 0 Å². The van der Waals surface area contributed by atoms with Gasteiger partial charge in [0.05, 0.1) is 18.9 Å². The summed E-state index contributed by atoms with van der Waals surface area (Å²) in [5.41, 5.74) is -0.364. The van der Waals surface area contributed by atoms with Crippen molar-refractivity contribution in [3.05, 3.63) is 35.1 Å². The molecule has 1 unspecified atom stereocenters. The van der Waals surface area contributed by atoms with E-state index >= 15 is 0 Å². The minimum atomic E-state index is -1.18. The molecule has 2 nitrogen and oxygen atoms in total. The molecule has 2 rings (SSSR count).